The van der Waals surface area contributed by atoms with Gasteiger partial charge in [0, 0.05) is 8.81 Å². The van der Waals surface area contributed by atoms with Gasteiger partial charge in [0.1, 0.15) is 0 Å². The van der Waals surface area contributed by atoms with Crippen molar-refractivity contribution < 1.29 is 4.52 Å². The topological polar surface area (TPSA) is 9.23 Å². The molecule has 0 amide bonds. The number of unbranched alkanes of at least 4 members (excludes halogenated alkanes) is 6. The highest BCUT2D eigenvalue weighted by molar-refractivity contribution is 7.32. The fourth-order valence-electron chi connectivity index (χ4n) is 1.34. The zero-order valence-corrected chi connectivity index (χ0v) is 11.0. The van der Waals surface area contributed by atoms with E-state index in [0.29, 0.717) is 0 Å². The van der Waals surface area contributed by atoms with Gasteiger partial charge in [-0.25, -0.2) is 0 Å². The molecule has 0 N–H and O–H groups in total. The molecule has 1 unspecified atom stereocenters. The van der Waals surface area contributed by atoms with E-state index in [1.807, 2.05) is 0 Å². The van der Waals surface area contributed by atoms with Crippen molar-refractivity contribution >= 4 is 8.81 Å². The average molecular weight is 218 g/mol. The van der Waals surface area contributed by atoms with Gasteiger partial charge in [-0.3, -0.25) is 0 Å². The second-order valence-electron chi connectivity index (χ2n) is 3.86. The predicted octanol–water partition coefficient (Wildman–Crippen LogP) is 4.76. The van der Waals surface area contributed by atoms with Crippen LogP contribution < -0.4 is 0 Å². The first-order chi connectivity index (χ1) is 6.91. The highest BCUT2D eigenvalue weighted by atomic mass is 31.1. The molecular formula is C12H27OP. The molecule has 0 saturated heterocycles. The van der Waals surface area contributed by atoms with Gasteiger partial charge in [-0.1, -0.05) is 52.4 Å². The number of rotatable bonds is 11. The minimum Gasteiger partial charge on any atom is -0.362 e. The van der Waals surface area contributed by atoms with Gasteiger partial charge in [0.25, 0.3) is 0 Å². The van der Waals surface area contributed by atoms with Gasteiger partial charge < -0.3 is 4.52 Å². The third kappa shape index (κ3) is 12.4. The Morgan fingerprint density at radius 2 is 1.43 bits per heavy atom. The van der Waals surface area contributed by atoms with Gasteiger partial charge in [-0.05, 0) is 19.0 Å². The lowest BCUT2D eigenvalue weighted by molar-refractivity contribution is 0.351. The third-order valence-electron chi connectivity index (χ3n) is 2.33. The summed E-state index contributed by atoms with van der Waals surface area (Å²) >= 11 is 0. The molecule has 0 fully saturated rings. The largest absolute Gasteiger partial charge is 0.362 e. The molecule has 0 saturated carbocycles. The van der Waals surface area contributed by atoms with Crippen LogP contribution in [0, 0.1) is 0 Å². The Hall–Kier alpha value is 0.390. The van der Waals surface area contributed by atoms with Crippen molar-refractivity contribution in [2.45, 2.75) is 65.2 Å². The Bertz CT molecular complexity index is 84.3. The number of hydrogen-bond acceptors (Lipinski definition) is 1. The zero-order chi connectivity index (χ0) is 10.5. The van der Waals surface area contributed by atoms with Crippen LogP contribution >= 0.6 is 8.81 Å². The van der Waals surface area contributed by atoms with Crippen LogP contribution in [0.2, 0.25) is 0 Å². The van der Waals surface area contributed by atoms with Gasteiger partial charge >= 0.3 is 0 Å². The van der Waals surface area contributed by atoms with E-state index in [-0.39, 0.29) is 0 Å². The van der Waals surface area contributed by atoms with Gasteiger partial charge in [0.05, 0.1) is 6.61 Å². The quantitative estimate of drug-likeness (QED) is 0.359. The van der Waals surface area contributed by atoms with E-state index in [9.17, 15) is 0 Å². The van der Waals surface area contributed by atoms with E-state index in [2.05, 4.69) is 13.8 Å². The molecule has 0 rings (SSSR count). The lowest BCUT2D eigenvalue weighted by atomic mass is 10.1. The van der Waals surface area contributed by atoms with Crippen molar-refractivity contribution in [3.63, 3.8) is 0 Å². The first kappa shape index (κ1) is 14.4. The zero-order valence-electron chi connectivity index (χ0n) is 9.98. The van der Waals surface area contributed by atoms with Crippen molar-refractivity contribution in [1.29, 1.82) is 0 Å². The highest BCUT2D eigenvalue weighted by Gasteiger charge is 1.91. The Balaban J connectivity index is 2.78. The van der Waals surface area contributed by atoms with Gasteiger partial charge in [-0.2, -0.15) is 0 Å². The lowest BCUT2D eigenvalue weighted by Crippen LogP contribution is -1.86. The van der Waals surface area contributed by atoms with Crippen molar-refractivity contribution in [2.75, 3.05) is 12.8 Å². The van der Waals surface area contributed by atoms with Gasteiger partial charge in [0.2, 0.25) is 0 Å². The SMILES string of the molecule is CCCCCCCCPOCCCC. The first-order valence-electron chi connectivity index (χ1n) is 6.26. The van der Waals surface area contributed by atoms with Crippen LogP contribution in [0.1, 0.15) is 65.2 Å². The van der Waals surface area contributed by atoms with Crippen LogP contribution in [0.25, 0.3) is 0 Å². The summed E-state index contributed by atoms with van der Waals surface area (Å²) in [5.41, 5.74) is 0. The summed E-state index contributed by atoms with van der Waals surface area (Å²) in [6.07, 6.45) is 12.2. The molecule has 0 aliphatic carbocycles. The van der Waals surface area contributed by atoms with E-state index >= 15 is 0 Å². The molecule has 0 aliphatic heterocycles. The molecule has 0 aromatic carbocycles. The molecule has 0 heterocycles. The maximum Gasteiger partial charge on any atom is 0.0505 e. The van der Waals surface area contributed by atoms with E-state index in [4.69, 9.17) is 4.52 Å². The van der Waals surface area contributed by atoms with Crippen molar-refractivity contribution in [2.24, 2.45) is 0 Å². The van der Waals surface area contributed by atoms with Crippen LogP contribution in [0.5, 0.6) is 0 Å². The van der Waals surface area contributed by atoms with E-state index in [0.717, 1.165) is 15.4 Å². The second-order valence-corrected chi connectivity index (χ2v) is 4.94. The van der Waals surface area contributed by atoms with Crippen LogP contribution in [-0.4, -0.2) is 12.8 Å². The Morgan fingerprint density at radius 3 is 2.14 bits per heavy atom. The summed E-state index contributed by atoms with van der Waals surface area (Å²) in [7, 11) is 0.754. The fraction of sp³-hybridized carbons (Fsp3) is 1.00. The molecule has 14 heavy (non-hydrogen) atoms. The van der Waals surface area contributed by atoms with Crippen LogP contribution in [0.4, 0.5) is 0 Å². The van der Waals surface area contributed by atoms with Crippen molar-refractivity contribution in [3.05, 3.63) is 0 Å². The Labute approximate surface area is 91.9 Å². The van der Waals surface area contributed by atoms with Gasteiger partial charge in [-0.15, -0.1) is 0 Å². The average Bonchev–Trinajstić information content (AvgIpc) is 2.21. The maximum atomic E-state index is 5.53. The monoisotopic (exact) mass is 218 g/mol. The van der Waals surface area contributed by atoms with Crippen molar-refractivity contribution in [3.8, 4) is 0 Å². The molecule has 0 aromatic rings. The molecule has 1 nitrogen and oxygen atoms in total. The molecule has 0 aromatic heterocycles. The maximum absolute atomic E-state index is 5.53. The summed E-state index contributed by atoms with van der Waals surface area (Å²) in [4.78, 5) is 0. The summed E-state index contributed by atoms with van der Waals surface area (Å²) in [6, 6.07) is 0. The summed E-state index contributed by atoms with van der Waals surface area (Å²) < 4.78 is 5.53. The lowest BCUT2D eigenvalue weighted by Gasteiger charge is -2.02. The highest BCUT2D eigenvalue weighted by Crippen LogP contribution is 2.16. The standard InChI is InChI=1S/C12H27OP/c1-3-5-7-8-9-10-12-14-13-11-6-4-2/h14H,3-12H2,1-2H3. The van der Waals surface area contributed by atoms with Crippen molar-refractivity contribution in [1.82, 2.24) is 0 Å². The molecule has 0 radical (unpaired) electrons. The fourth-order valence-corrected chi connectivity index (χ4v) is 2.17. The Kier molecular flexibility index (Phi) is 13.8. The van der Waals surface area contributed by atoms with Crippen LogP contribution in [0.3, 0.4) is 0 Å². The molecule has 86 valence electrons. The summed E-state index contributed by atoms with van der Waals surface area (Å²) in [5.74, 6) is 0. The molecule has 0 bridgehead atoms. The van der Waals surface area contributed by atoms with E-state index in [1.165, 1.54) is 57.5 Å². The first-order valence-corrected chi connectivity index (χ1v) is 7.38. The van der Waals surface area contributed by atoms with Gasteiger partial charge in [0.15, 0.2) is 0 Å². The van der Waals surface area contributed by atoms with Crippen LogP contribution in [-0.2, 0) is 4.52 Å². The summed E-state index contributed by atoms with van der Waals surface area (Å²) in [5, 5.41) is 0. The minimum absolute atomic E-state index is 0.754. The second kappa shape index (κ2) is 13.4. The number of hydrogen-bond donors (Lipinski definition) is 0. The normalized spacial score (nSPS) is 11.6. The predicted molar refractivity (Wildman–Crippen MR) is 67.4 cm³/mol. The van der Waals surface area contributed by atoms with E-state index in [1.54, 1.807) is 0 Å². The molecular weight excluding hydrogens is 191 g/mol. The molecule has 0 spiro atoms. The molecule has 1 atom stereocenters. The minimum atomic E-state index is 0.754. The summed E-state index contributed by atoms with van der Waals surface area (Å²) in [6.45, 7) is 5.45. The third-order valence-corrected chi connectivity index (χ3v) is 3.30. The Morgan fingerprint density at radius 1 is 0.786 bits per heavy atom. The smallest absolute Gasteiger partial charge is 0.0505 e. The molecule has 0 aliphatic rings. The van der Waals surface area contributed by atoms with Crippen LogP contribution in [0.15, 0.2) is 0 Å². The van der Waals surface area contributed by atoms with E-state index < -0.39 is 0 Å². The molecule has 2 heteroatoms.